The molecular formula is C80H162. The van der Waals surface area contributed by atoms with Gasteiger partial charge >= 0.3 is 0 Å². The Labute approximate surface area is 512 Å². The van der Waals surface area contributed by atoms with Crippen molar-refractivity contribution in [1.29, 1.82) is 0 Å². The average Bonchev–Trinajstić information content (AvgIpc) is 3.45. The molecule has 37 unspecified atom stereocenters. The highest BCUT2D eigenvalue weighted by atomic mass is 14.5. The third kappa shape index (κ3) is 20.6. The summed E-state index contributed by atoms with van der Waals surface area (Å²) in [6.07, 6.45) is 2.64. The van der Waals surface area contributed by atoms with Gasteiger partial charge in [-0.2, -0.15) is 0 Å². The summed E-state index contributed by atoms with van der Waals surface area (Å²) >= 11 is 0. The summed E-state index contributed by atoms with van der Waals surface area (Å²) in [6, 6.07) is 0. The second-order valence-electron chi connectivity index (χ2n) is 34.1. The third-order valence-corrected chi connectivity index (χ3v) is 31.5. The lowest BCUT2D eigenvalue weighted by atomic mass is 9.60. The summed E-state index contributed by atoms with van der Waals surface area (Å²) in [4.78, 5) is 0. The molecule has 0 heterocycles. The lowest BCUT2D eigenvalue weighted by Gasteiger charge is -2.45. The van der Waals surface area contributed by atoms with E-state index in [0.717, 1.165) is 101 Å². The summed E-state index contributed by atoms with van der Waals surface area (Å²) in [5, 5.41) is 0. The first-order chi connectivity index (χ1) is 36.4. The Morgan fingerprint density at radius 2 is 0.212 bits per heavy atom. The molecule has 0 spiro atoms. The molecule has 0 bridgehead atoms. The van der Waals surface area contributed by atoms with Crippen molar-refractivity contribution in [3.8, 4) is 0 Å². The van der Waals surface area contributed by atoms with Crippen LogP contribution in [0.3, 0.4) is 0 Å². The van der Waals surface area contributed by atoms with Gasteiger partial charge in [0.1, 0.15) is 0 Å². The van der Waals surface area contributed by atoms with E-state index in [2.05, 4.69) is 277 Å². The summed E-state index contributed by atoms with van der Waals surface area (Å²) in [6.45, 7) is 103. The zero-order valence-corrected chi connectivity index (χ0v) is 63.4. The van der Waals surface area contributed by atoms with E-state index >= 15 is 0 Å². The Balaban J connectivity index is 5.80. The second-order valence-corrected chi connectivity index (χ2v) is 34.1. The van der Waals surface area contributed by atoms with E-state index < -0.39 is 0 Å². The summed E-state index contributed by atoms with van der Waals surface area (Å²) in [5.74, 6) is 27.6. The van der Waals surface area contributed by atoms with Crippen LogP contribution in [0.1, 0.15) is 290 Å². The van der Waals surface area contributed by atoms with Gasteiger partial charge in [-0.1, -0.05) is 283 Å². The van der Waals surface area contributed by atoms with E-state index in [1.165, 1.54) is 12.8 Å². The summed E-state index contributed by atoms with van der Waals surface area (Å²) in [7, 11) is 0. The normalized spacial score (nSPS) is 27.1. The number of rotatable bonds is 39. The molecule has 0 aliphatic heterocycles. The van der Waals surface area contributed by atoms with Gasteiger partial charge in [0.15, 0.2) is 0 Å². The van der Waals surface area contributed by atoms with Crippen LogP contribution in [0.4, 0.5) is 0 Å². The first kappa shape index (κ1) is 80.0. The number of hydrogen-bond donors (Lipinski definition) is 0. The fourth-order valence-electron chi connectivity index (χ4n) is 18.2. The largest absolute Gasteiger partial charge is 0.0651 e. The van der Waals surface area contributed by atoms with Gasteiger partial charge < -0.3 is 0 Å². The van der Waals surface area contributed by atoms with Crippen molar-refractivity contribution in [3.63, 3.8) is 0 Å². The highest BCUT2D eigenvalue weighted by Crippen LogP contribution is 2.49. The van der Waals surface area contributed by atoms with Gasteiger partial charge in [-0.3, -0.25) is 0 Å². The molecule has 0 heteroatoms. The molecule has 80 heavy (non-hydrogen) atoms. The molecule has 0 nitrogen and oxygen atoms in total. The molecule has 0 saturated carbocycles. The molecule has 0 aliphatic rings. The summed E-state index contributed by atoms with van der Waals surface area (Å²) < 4.78 is 0. The Bertz CT molecular complexity index is 1590. The van der Waals surface area contributed by atoms with Crippen molar-refractivity contribution < 1.29 is 0 Å². The lowest BCUT2D eigenvalue weighted by molar-refractivity contribution is 0.0355. The van der Waals surface area contributed by atoms with Crippen LogP contribution < -0.4 is 0 Å². The Kier molecular flexibility index (Phi) is 35.7. The molecule has 0 aliphatic carbocycles. The van der Waals surface area contributed by atoms with E-state index in [4.69, 9.17) is 0 Å². The smallest absolute Gasteiger partial charge is 0.0386 e. The maximum Gasteiger partial charge on any atom is -0.0386 e. The predicted octanol–water partition coefficient (Wildman–Crippen LogP) is 26.0. The number of hydrogen-bond acceptors (Lipinski definition) is 0. The molecule has 0 saturated heterocycles. The van der Waals surface area contributed by atoms with Gasteiger partial charge in [-0.15, -0.1) is 0 Å². The molecule has 0 radical (unpaired) electrons. The van der Waals surface area contributed by atoms with Crippen LogP contribution in [0, 0.1) is 225 Å². The van der Waals surface area contributed by atoms with Gasteiger partial charge in [0.05, 0.1) is 0 Å². The average molecular weight is 1120 g/mol. The monoisotopic (exact) mass is 1120 g/mol. The van der Waals surface area contributed by atoms with Crippen LogP contribution in [0.15, 0.2) is 0 Å². The van der Waals surface area contributed by atoms with E-state index in [1.807, 2.05) is 0 Å². The highest BCUT2D eigenvalue weighted by Gasteiger charge is 2.42. The maximum atomic E-state index is 2.63. The van der Waals surface area contributed by atoms with E-state index in [-0.39, 0.29) is 0 Å². The quantitative estimate of drug-likeness (QED) is 0.0575. The van der Waals surface area contributed by atoms with Gasteiger partial charge in [0, 0.05) is 0 Å². The molecule has 0 N–H and O–H groups in total. The van der Waals surface area contributed by atoms with Crippen molar-refractivity contribution in [1.82, 2.24) is 0 Å². The van der Waals surface area contributed by atoms with Crippen LogP contribution in [0.5, 0.6) is 0 Å². The van der Waals surface area contributed by atoms with E-state index in [0.29, 0.717) is 124 Å². The molecule has 0 fully saturated rings. The minimum atomic E-state index is 0.700. The topological polar surface area (TPSA) is 0 Å². The van der Waals surface area contributed by atoms with Crippen molar-refractivity contribution in [2.75, 3.05) is 0 Å². The van der Waals surface area contributed by atoms with Crippen molar-refractivity contribution >= 4 is 0 Å². The van der Waals surface area contributed by atoms with E-state index in [1.54, 1.807) is 0 Å². The minimum Gasteiger partial charge on any atom is -0.0651 e. The Morgan fingerprint density at radius 3 is 0.300 bits per heavy atom. The molecule has 0 rings (SSSR count). The fraction of sp³-hybridized carbons (Fsp3) is 1.00. The van der Waals surface area contributed by atoms with Crippen LogP contribution >= 0.6 is 0 Å². The second kappa shape index (κ2) is 35.7. The summed E-state index contributed by atoms with van der Waals surface area (Å²) in [5.41, 5.74) is 0. The van der Waals surface area contributed by atoms with E-state index in [9.17, 15) is 0 Å². The third-order valence-electron chi connectivity index (χ3n) is 31.5. The minimum absolute atomic E-state index is 0.700. The molecule has 482 valence electrons. The molecule has 0 aromatic heterocycles. The Hall–Kier alpha value is 0. The van der Waals surface area contributed by atoms with Gasteiger partial charge in [-0.25, -0.2) is 0 Å². The van der Waals surface area contributed by atoms with Crippen LogP contribution in [-0.2, 0) is 0 Å². The van der Waals surface area contributed by atoms with Crippen LogP contribution in [0.2, 0.25) is 0 Å². The first-order valence-corrected chi connectivity index (χ1v) is 36.4. The van der Waals surface area contributed by atoms with Crippen LogP contribution in [0.25, 0.3) is 0 Å². The molecule has 0 aromatic carbocycles. The predicted molar refractivity (Wildman–Crippen MR) is 369 cm³/mol. The standard InChI is InChI=1S/C80H162/c1-41-44(4)46(6)48(8)50(10)52(12)54(14)56(16)58(18)60(20)62(22)64(24)66(26)68(28)70(30)72(32)74(34)76(36)78(38)80(40)79(39)77(37)75(35)73(33)71(31)69(29)67(27)65(25)63(23)61(21)59(19)57(17)55(15)53(13)51(11)49(9)47(7)45(5)42-43(2)3/h43-80H,41-42H2,1-40H3. The van der Waals surface area contributed by atoms with Crippen molar-refractivity contribution in [2.45, 2.75) is 290 Å². The molecular weight excluding hydrogens is 961 g/mol. The van der Waals surface area contributed by atoms with Gasteiger partial charge in [-0.05, 0) is 231 Å². The zero-order chi connectivity index (χ0) is 63.4. The molecule has 37 atom stereocenters. The fourth-order valence-corrected chi connectivity index (χ4v) is 18.2. The first-order valence-electron chi connectivity index (χ1n) is 36.4. The zero-order valence-electron chi connectivity index (χ0n) is 63.4. The van der Waals surface area contributed by atoms with Crippen LogP contribution in [-0.4, -0.2) is 0 Å². The van der Waals surface area contributed by atoms with Crippen molar-refractivity contribution in [2.24, 2.45) is 225 Å². The van der Waals surface area contributed by atoms with Crippen molar-refractivity contribution in [3.05, 3.63) is 0 Å². The Morgan fingerprint density at radius 1 is 0.125 bits per heavy atom. The highest BCUT2D eigenvalue weighted by molar-refractivity contribution is 4.91. The van der Waals surface area contributed by atoms with Gasteiger partial charge in [0.25, 0.3) is 0 Å². The van der Waals surface area contributed by atoms with Gasteiger partial charge in [0.2, 0.25) is 0 Å². The lowest BCUT2D eigenvalue weighted by Crippen LogP contribution is -2.39. The maximum absolute atomic E-state index is 2.63. The molecule has 0 aromatic rings. The molecule has 0 amide bonds. The SMILES string of the molecule is CCC(C)C(C)C(C)C(C)C(C)C(C)C(C)C(C)C(C)C(C)C(C)C(C)C(C)C(C)C(C)C(C)C(C)C(C)C(C)C(C)C(C)C(C)C(C)C(C)C(C)C(C)C(C)C(C)C(C)C(C)C(C)C(C)C(C)C(C)C(C)C(C)C(C)CC(C)C.